The highest BCUT2D eigenvalue weighted by atomic mass is 16.5. The quantitative estimate of drug-likeness (QED) is 0.509. The minimum Gasteiger partial charge on any atom is -0.489 e. The van der Waals surface area contributed by atoms with Gasteiger partial charge in [-0.2, -0.15) is 0 Å². The van der Waals surface area contributed by atoms with Crippen molar-refractivity contribution in [3.05, 3.63) is 89.9 Å². The van der Waals surface area contributed by atoms with Gasteiger partial charge in [0.25, 0.3) is 0 Å². The molecular weight excluding hydrogens is 412 g/mol. The van der Waals surface area contributed by atoms with Gasteiger partial charge in [-0.05, 0) is 54.3 Å². The van der Waals surface area contributed by atoms with Crippen LogP contribution in [0.4, 0.5) is 5.82 Å². The molecule has 6 heteroatoms. The molecule has 1 N–H and O–H groups in total. The van der Waals surface area contributed by atoms with E-state index in [9.17, 15) is 4.79 Å². The molecule has 0 unspecified atom stereocenters. The molecule has 4 rings (SSSR count). The summed E-state index contributed by atoms with van der Waals surface area (Å²) in [6, 6.07) is 15.6. The normalized spacial score (nSPS) is 14.1. The Balaban J connectivity index is 1.21. The smallest absolute Gasteiger partial charge is 0.244 e. The Morgan fingerprint density at radius 3 is 2.48 bits per heavy atom. The third-order valence-electron chi connectivity index (χ3n) is 5.64. The molecular formula is C27H30N4O2. The first-order valence-corrected chi connectivity index (χ1v) is 11.5. The monoisotopic (exact) mass is 442 g/mol. The summed E-state index contributed by atoms with van der Waals surface area (Å²) in [6.45, 7) is 3.08. The van der Waals surface area contributed by atoms with Crippen LogP contribution in [-0.2, 0) is 17.9 Å². The molecule has 1 aliphatic heterocycles. The number of benzene rings is 1. The van der Waals surface area contributed by atoms with Crippen molar-refractivity contribution in [3.63, 3.8) is 0 Å². The van der Waals surface area contributed by atoms with E-state index in [1.165, 1.54) is 25.7 Å². The maximum Gasteiger partial charge on any atom is 0.244 e. The predicted octanol–water partition coefficient (Wildman–Crippen LogP) is 4.77. The number of pyridine rings is 2. The number of hydrogen-bond donors (Lipinski definition) is 1. The lowest BCUT2D eigenvalue weighted by Gasteiger charge is -2.21. The van der Waals surface area contributed by atoms with Crippen molar-refractivity contribution in [2.24, 2.45) is 0 Å². The van der Waals surface area contributed by atoms with Crippen LogP contribution in [0.1, 0.15) is 42.4 Å². The van der Waals surface area contributed by atoms with Gasteiger partial charge in [-0.15, -0.1) is 0 Å². The van der Waals surface area contributed by atoms with Crippen LogP contribution in [0.2, 0.25) is 0 Å². The van der Waals surface area contributed by atoms with Gasteiger partial charge in [0.15, 0.2) is 0 Å². The molecule has 0 aliphatic carbocycles. The summed E-state index contributed by atoms with van der Waals surface area (Å²) in [7, 11) is 0. The Kier molecular flexibility index (Phi) is 8.06. The zero-order valence-corrected chi connectivity index (χ0v) is 18.8. The minimum absolute atomic E-state index is 0.136. The Labute approximate surface area is 195 Å². The highest BCUT2D eigenvalue weighted by Gasteiger charge is 2.10. The van der Waals surface area contributed by atoms with Crippen molar-refractivity contribution < 1.29 is 9.53 Å². The maximum atomic E-state index is 12.2. The van der Waals surface area contributed by atoms with Crippen LogP contribution >= 0.6 is 0 Å². The summed E-state index contributed by atoms with van der Waals surface area (Å²) in [6.07, 6.45) is 13.8. The van der Waals surface area contributed by atoms with Crippen molar-refractivity contribution in [1.29, 1.82) is 0 Å². The number of anilines is 1. The Bertz CT molecular complexity index is 1030. The first-order chi connectivity index (χ1) is 16.3. The molecule has 0 atom stereocenters. The number of amides is 1. The SMILES string of the molecule is O=C(C=Cc1ccc(OCc2cccnc2)cc1)NCc1ccc(N2CCCCCC2)nc1. The first-order valence-electron chi connectivity index (χ1n) is 11.5. The fraction of sp³-hybridized carbons (Fsp3) is 0.296. The topological polar surface area (TPSA) is 67.3 Å². The molecule has 0 spiro atoms. The molecule has 1 amide bonds. The lowest BCUT2D eigenvalue weighted by molar-refractivity contribution is -0.116. The third kappa shape index (κ3) is 7.17. The molecule has 0 saturated carbocycles. The molecule has 3 heterocycles. The fourth-order valence-electron chi connectivity index (χ4n) is 3.75. The maximum absolute atomic E-state index is 12.2. The van der Waals surface area contributed by atoms with Gasteiger partial charge in [0.2, 0.25) is 5.91 Å². The molecule has 1 saturated heterocycles. The number of carbonyl (C=O) groups is 1. The molecule has 3 aromatic rings. The average Bonchev–Trinajstić information content (AvgIpc) is 3.16. The van der Waals surface area contributed by atoms with Crippen molar-refractivity contribution in [3.8, 4) is 5.75 Å². The van der Waals surface area contributed by atoms with E-state index in [1.807, 2.05) is 48.7 Å². The summed E-state index contributed by atoms with van der Waals surface area (Å²) in [4.78, 5) is 23.2. The number of nitrogens with zero attached hydrogens (tertiary/aromatic N) is 3. The highest BCUT2D eigenvalue weighted by Crippen LogP contribution is 2.18. The summed E-state index contributed by atoms with van der Waals surface area (Å²) in [5.41, 5.74) is 2.94. The van der Waals surface area contributed by atoms with Gasteiger partial charge in [0.05, 0.1) is 0 Å². The van der Waals surface area contributed by atoms with E-state index < -0.39 is 0 Å². The Morgan fingerprint density at radius 1 is 0.970 bits per heavy atom. The highest BCUT2D eigenvalue weighted by molar-refractivity contribution is 5.91. The standard InChI is InChI=1S/C27H30N4O2/c32-27(30-20-23-9-13-26(29-19-23)31-16-3-1-2-4-17-31)14-10-22-7-11-25(12-8-22)33-21-24-6-5-15-28-18-24/h5-15,18-19H,1-4,16-17,20-21H2,(H,30,32). The largest absolute Gasteiger partial charge is 0.489 e. The number of ether oxygens (including phenoxy) is 1. The van der Waals surface area contributed by atoms with Crippen molar-refractivity contribution in [1.82, 2.24) is 15.3 Å². The van der Waals surface area contributed by atoms with Gasteiger partial charge < -0.3 is 15.0 Å². The summed E-state index contributed by atoms with van der Waals surface area (Å²) < 4.78 is 5.76. The van der Waals surface area contributed by atoms with Gasteiger partial charge in [-0.1, -0.05) is 37.1 Å². The molecule has 1 fully saturated rings. The molecule has 1 aromatic carbocycles. The summed E-state index contributed by atoms with van der Waals surface area (Å²) in [5.74, 6) is 1.67. The summed E-state index contributed by atoms with van der Waals surface area (Å²) >= 11 is 0. The van der Waals surface area contributed by atoms with Gasteiger partial charge in [-0.25, -0.2) is 4.98 Å². The molecule has 6 nitrogen and oxygen atoms in total. The van der Waals surface area contributed by atoms with Crippen LogP contribution in [0.15, 0.2) is 73.2 Å². The molecule has 33 heavy (non-hydrogen) atoms. The summed E-state index contributed by atoms with van der Waals surface area (Å²) in [5, 5.41) is 2.92. The molecule has 1 aliphatic rings. The number of hydrogen-bond acceptors (Lipinski definition) is 5. The third-order valence-corrected chi connectivity index (χ3v) is 5.64. The molecule has 0 bridgehead atoms. The van der Waals surface area contributed by atoms with Crippen LogP contribution < -0.4 is 15.0 Å². The number of nitrogens with one attached hydrogen (secondary N) is 1. The van der Waals surface area contributed by atoms with Gasteiger partial charge in [0, 0.05) is 49.9 Å². The molecule has 2 aromatic heterocycles. The predicted molar refractivity (Wildman–Crippen MR) is 131 cm³/mol. The second kappa shape index (κ2) is 11.8. The zero-order valence-electron chi connectivity index (χ0n) is 18.8. The van der Waals surface area contributed by atoms with E-state index in [4.69, 9.17) is 4.74 Å². The zero-order chi connectivity index (χ0) is 22.7. The van der Waals surface area contributed by atoms with Crippen molar-refractivity contribution >= 4 is 17.8 Å². The lowest BCUT2D eigenvalue weighted by atomic mass is 10.2. The van der Waals surface area contributed by atoms with E-state index in [0.717, 1.165) is 41.3 Å². The molecule has 0 radical (unpaired) electrons. The van der Waals surface area contributed by atoms with Crippen LogP contribution in [0.25, 0.3) is 6.08 Å². The van der Waals surface area contributed by atoms with Gasteiger partial charge in [-0.3, -0.25) is 9.78 Å². The van der Waals surface area contributed by atoms with E-state index in [0.29, 0.717) is 13.2 Å². The van der Waals surface area contributed by atoms with Crippen LogP contribution in [-0.4, -0.2) is 29.0 Å². The van der Waals surface area contributed by atoms with Crippen LogP contribution in [0.3, 0.4) is 0 Å². The van der Waals surface area contributed by atoms with Gasteiger partial charge >= 0.3 is 0 Å². The van der Waals surface area contributed by atoms with Crippen LogP contribution in [0.5, 0.6) is 5.75 Å². The van der Waals surface area contributed by atoms with E-state index in [2.05, 4.69) is 26.3 Å². The number of aromatic nitrogens is 2. The van der Waals surface area contributed by atoms with E-state index in [-0.39, 0.29) is 5.91 Å². The number of rotatable bonds is 8. The first kappa shape index (κ1) is 22.5. The second-order valence-electron chi connectivity index (χ2n) is 8.20. The van der Waals surface area contributed by atoms with E-state index in [1.54, 1.807) is 24.5 Å². The average molecular weight is 443 g/mol. The Morgan fingerprint density at radius 2 is 1.79 bits per heavy atom. The lowest BCUT2D eigenvalue weighted by Crippen LogP contribution is -2.25. The van der Waals surface area contributed by atoms with Crippen molar-refractivity contribution in [2.75, 3.05) is 18.0 Å². The minimum atomic E-state index is -0.136. The van der Waals surface area contributed by atoms with Crippen LogP contribution in [0, 0.1) is 0 Å². The number of carbonyl (C=O) groups excluding carboxylic acids is 1. The molecule has 170 valence electrons. The van der Waals surface area contributed by atoms with Crippen molar-refractivity contribution in [2.45, 2.75) is 38.8 Å². The van der Waals surface area contributed by atoms with E-state index >= 15 is 0 Å². The second-order valence-corrected chi connectivity index (χ2v) is 8.20. The fourth-order valence-corrected chi connectivity index (χ4v) is 3.75. The van der Waals surface area contributed by atoms with Gasteiger partial charge in [0.1, 0.15) is 18.2 Å². The Hall–Kier alpha value is -3.67.